The van der Waals surface area contributed by atoms with Crippen LogP contribution in [-0.4, -0.2) is 12.1 Å². The van der Waals surface area contributed by atoms with Crippen molar-refractivity contribution >= 4 is 10.9 Å². The molecule has 0 saturated carbocycles. The minimum atomic E-state index is -0.0814. The first-order valence-corrected chi connectivity index (χ1v) is 4.38. The van der Waals surface area contributed by atoms with Crippen LogP contribution in [0.1, 0.15) is 5.56 Å². The van der Waals surface area contributed by atoms with Crippen LogP contribution < -0.4 is 10.3 Å². The number of hydrogen-bond acceptors (Lipinski definition) is 2. The van der Waals surface area contributed by atoms with Gasteiger partial charge in [-0.1, -0.05) is 0 Å². The third kappa shape index (κ3) is 1.37. The van der Waals surface area contributed by atoms with Gasteiger partial charge >= 0.3 is 0 Å². The number of hydrogen-bond donors (Lipinski definition) is 1. The minimum Gasteiger partial charge on any atom is -0.496 e. The number of pyridine rings is 1. The number of benzene rings is 1. The highest BCUT2D eigenvalue weighted by Gasteiger charge is 2.01. The summed E-state index contributed by atoms with van der Waals surface area (Å²) < 4.78 is 5.19. The molecule has 0 aliphatic heterocycles. The zero-order valence-electron chi connectivity index (χ0n) is 8.13. The first-order valence-electron chi connectivity index (χ1n) is 4.38. The lowest BCUT2D eigenvalue weighted by Crippen LogP contribution is -2.02. The van der Waals surface area contributed by atoms with Crippen LogP contribution in [0.3, 0.4) is 0 Å². The van der Waals surface area contributed by atoms with Crippen LogP contribution in [0.2, 0.25) is 0 Å². The first-order chi connectivity index (χ1) is 6.70. The van der Waals surface area contributed by atoms with Crippen LogP contribution in [0, 0.1) is 6.92 Å². The van der Waals surface area contributed by atoms with E-state index in [-0.39, 0.29) is 5.56 Å². The second-order valence-corrected chi connectivity index (χ2v) is 3.23. The molecule has 0 fully saturated rings. The van der Waals surface area contributed by atoms with Crippen molar-refractivity contribution in [3.63, 3.8) is 0 Å². The summed E-state index contributed by atoms with van der Waals surface area (Å²) in [6.07, 6.45) is 0. The molecule has 0 aliphatic rings. The fraction of sp³-hybridized carbons (Fsp3) is 0.182. The molecule has 3 heteroatoms. The zero-order valence-corrected chi connectivity index (χ0v) is 8.13. The molecule has 1 heterocycles. The standard InChI is InChI=1S/C11H11NO2/c1-7-5-9-8(6-10(7)14-2)3-4-11(13)12-9/h3-6H,1-2H3,(H,12,13). The lowest BCUT2D eigenvalue weighted by molar-refractivity contribution is 0.412. The molecule has 0 aliphatic carbocycles. The van der Waals surface area contributed by atoms with Gasteiger partial charge in [-0.2, -0.15) is 0 Å². The highest BCUT2D eigenvalue weighted by Crippen LogP contribution is 2.22. The Kier molecular flexibility index (Phi) is 2.00. The normalized spacial score (nSPS) is 10.4. The van der Waals surface area contributed by atoms with E-state index >= 15 is 0 Å². The average Bonchev–Trinajstić information content (AvgIpc) is 2.16. The van der Waals surface area contributed by atoms with Crippen molar-refractivity contribution in [1.82, 2.24) is 4.98 Å². The number of methoxy groups -OCH3 is 1. The summed E-state index contributed by atoms with van der Waals surface area (Å²) >= 11 is 0. The van der Waals surface area contributed by atoms with Gasteiger partial charge in [-0.15, -0.1) is 0 Å². The highest BCUT2D eigenvalue weighted by atomic mass is 16.5. The van der Waals surface area contributed by atoms with Gasteiger partial charge in [0, 0.05) is 17.0 Å². The van der Waals surface area contributed by atoms with Crippen molar-refractivity contribution in [3.8, 4) is 5.75 Å². The molecule has 1 aromatic carbocycles. The number of ether oxygens (including phenoxy) is 1. The van der Waals surface area contributed by atoms with Gasteiger partial charge in [0.1, 0.15) is 5.75 Å². The van der Waals surface area contributed by atoms with E-state index in [2.05, 4.69) is 4.98 Å². The summed E-state index contributed by atoms with van der Waals surface area (Å²) in [5.41, 5.74) is 1.78. The van der Waals surface area contributed by atoms with Crippen LogP contribution in [-0.2, 0) is 0 Å². The third-order valence-electron chi connectivity index (χ3n) is 2.24. The number of aromatic amines is 1. The van der Waals surface area contributed by atoms with E-state index in [1.165, 1.54) is 6.07 Å². The number of fused-ring (bicyclic) bond motifs is 1. The van der Waals surface area contributed by atoms with Crippen molar-refractivity contribution in [2.24, 2.45) is 0 Å². The summed E-state index contributed by atoms with van der Waals surface area (Å²) in [7, 11) is 1.64. The topological polar surface area (TPSA) is 42.1 Å². The van der Waals surface area contributed by atoms with Crippen LogP contribution in [0.15, 0.2) is 29.1 Å². The number of aryl methyl sites for hydroxylation is 1. The molecule has 0 saturated heterocycles. The Morgan fingerprint density at radius 2 is 2.07 bits per heavy atom. The lowest BCUT2D eigenvalue weighted by atomic mass is 10.1. The second kappa shape index (κ2) is 3.18. The maximum Gasteiger partial charge on any atom is 0.248 e. The Bertz CT molecular complexity index is 528. The Balaban J connectivity index is 2.79. The van der Waals surface area contributed by atoms with Crippen LogP contribution in [0.4, 0.5) is 0 Å². The second-order valence-electron chi connectivity index (χ2n) is 3.23. The van der Waals surface area contributed by atoms with Gasteiger partial charge < -0.3 is 9.72 Å². The van der Waals surface area contributed by atoms with E-state index in [0.717, 1.165) is 22.2 Å². The minimum absolute atomic E-state index is 0.0814. The summed E-state index contributed by atoms with van der Waals surface area (Å²) in [6, 6.07) is 7.13. The molecule has 0 unspecified atom stereocenters. The molecule has 72 valence electrons. The number of H-pyrrole nitrogens is 1. The molecule has 0 atom stereocenters. The summed E-state index contributed by atoms with van der Waals surface area (Å²) in [5.74, 6) is 0.838. The van der Waals surface area contributed by atoms with Crippen molar-refractivity contribution in [2.75, 3.05) is 7.11 Å². The van der Waals surface area contributed by atoms with E-state index in [9.17, 15) is 4.79 Å². The monoisotopic (exact) mass is 189 g/mol. The molecule has 3 nitrogen and oxygen atoms in total. The largest absolute Gasteiger partial charge is 0.496 e. The number of aromatic nitrogens is 1. The van der Waals surface area contributed by atoms with Gasteiger partial charge in [0.05, 0.1) is 7.11 Å². The zero-order chi connectivity index (χ0) is 10.1. The van der Waals surface area contributed by atoms with E-state index in [1.807, 2.05) is 19.1 Å². The van der Waals surface area contributed by atoms with Gasteiger partial charge in [0.25, 0.3) is 0 Å². The van der Waals surface area contributed by atoms with Gasteiger partial charge in [-0.3, -0.25) is 4.79 Å². The molecule has 0 spiro atoms. The number of nitrogens with one attached hydrogen (secondary N) is 1. The first kappa shape index (κ1) is 8.81. The molecule has 2 rings (SSSR count). The van der Waals surface area contributed by atoms with E-state index in [1.54, 1.807) is 13.2 Å². The quantitative estimate of drug-likeness (QED) is 0.743. The molecule has 2 aromatic rings. The van der Waals surface area contributed by atoms with E-state index in [0.29, 0.717) is 0 Å². The Hall–Kier alpha value is -1.77. The van der Waals surface area contributed by atoms with Crippen molar-refractivity contribution in [2.45, 2.75) is 6.92 Å². The van der Waals surface area contributed by atoms with Gasteiger partial charge in [0.2, 0.25) is 5.56 Å². The maximum atomic E-state index is 11.1. The van der Waals surface area contributed by atoms with Gasteiger partial charge in [-0.25, -0.2) is 0 Å². The van der Waals surface area contributed by atoms with E-state index < -0.39 is 0 Å². The third-order valence-corrected chi connectivity index (χ3v) is 2.24. The number of rotatable bonds is 1. The Labute approximate surface area is 81.3 Å². The van der Waals surface area contributed by atoms with E-state index in [4.69, 9.17) is 4.74 Å². The summed E-state index contributed by atoms with van der Waals surface area (Å²) in [6.45, 7) is 1.95. The molecule has 1 aromatic heterocycles. The molecule has 1 N–H and O–H groups in total. The predicted octanol–water partition coefficient (Wildman–Crippen LogP) is 1.85. The predicted molar refractivity (Wildman–Crippen MR) is 55.9 cm³/mol. The molecule has 0 amide bonds. The maximum absolute atomic E-state index is 11.1. The lowest BCUT2D eigenvalue weighted by Gasteiger charge is -2.05. The van der Waals surface area contributed by atoms with Crippen molar-refractivity contribution in [3.05, 3.63) is 40.2 Å². The highest BCUT2D eigenvalue weighted by molar-refractivity contribution is 5.81. The Morgan fingerprint density at radius 1 is 1.29 bits per heavy atom. The Morgan fingerprint density at radius 3 is 2.79 bits per heavy atom. The summed E-state index contributed by atoms with van der Waals surface area (Å²) in [5, 5.41) is 0.979. The van der Waals surface area contributed by atoms with Crippen LogP contribution >= 0.6 is 0 Å². The average molecular weight is 189 g/mol. The smallest absolute Gasteiger partial charge is 0.248 e. The van der Waals surface area contributed by atoms with Gasteiger partial charge in [-0.05, 0) is 30.7 Å². The molecule has 0 bridgehead atoms. The van der Waals surface area contributed by atoms with Gasteiger partial charge in [0.15, 0.2) is 0 Å². The fourth-order valence-electron chi connectivity index (χ4n) is 1.51. The fourth-order valence-corrected chi connectivity index (χ4v) is 1.51. The summed E-state index contributed by atoms with van der Waals surface area (Å²) in [4.78, 5) is 13.8. The van der Waals surface area contributed by atoms with Crippen molar-refractivity contribution < 1.29 is 4.74 Å². The van der Waals surface area contributed by atoms with Crippen LogP contribution in [0.5, 0.6) is 5.75 Å². The molecular formula is C11H11NO2. The van der Waals surface area contributed by atoms with Crippen molar-refractivity contribution in [1.29, 1.82) is 0 Å². The molecule has 0 radical (unpaired) electrons. The molecule has 14 heavy (non-hydrogen) atoms. The molecular weight excluding hydrogens is 178 g/mol. The van der Waals surface area contributed by atoms with Crippen LogP contribution in [0.25, 0.3) is 10.9 Å². The SMILES string of the molecule is COc1cc2ccc(=O)[nH]c2cc1C.